The van der Waals surface area contributed by atoms with Crippen molar-refractivity contribution < 1.29 is 19.1 Å². The number of fused-ring (bicyclic) bond motifs is 2. The van der Waals surface area contributed by atoms with Crippen LogP contribution in [0, 0.1) is 0 Å². The molecule has 184 valence electrons. The van der Waals surface area contributed by atoms with Crippen LogP contribution in [0.1, 0.15) is 38.3 Å². The van der Waals surface area contributed by atoms with Gasteiger partial charge in [0, 0.05) is 42.9 Å². The van der Waals surface area contributed by atoms with Crippen LogP contribution in [0.15, 0.2) is 60.7 Å². The Kier molecular flexibility index (Phi) is 6.61. The van der Waals surface area contributed by atoms with Crippen molar-refractivity contribution in [1.82, 2.24) is 10.6 Å². The highest BCUT2D eigenvalue weighted by Gasteiger charge is 2.58. The summed E-state index contributed by atoms with van der Waals surface area (Å²) in [4.78, 5) is 26.4. The number of rotatable bonds is 8. The molecule has 2 aliphatic heterocycles. The number of ether oxygens (including phenoxy) is 2. The number of para-hydroxylation sites is 1. The zero-order valence-electron chi connectivity index (χ0n) is 20.8. The molecule has 1 spiro atoms. The van der Waals surface area contributed by atoms with E-state index in [4.69, 9.17) is 9.47 Å². The molecule has 1 unspecified atom stereocenters. The molecule has 0 aromatic heterocycles. The SMILES string of the molecule is C=C(C)C(=O)NCCNC(=O)CCN1c2ccccc2C(C)(C)C12C=Cc1cc(OC)ccc1O2. The predicted octanol–water partition coefficient (Wildman–Crippen LogP) is 3.79. The maximum absolute atomic E-state index is 12.7. The van der Waals surface area contributed by atoms with Gasteiger partial charge >= 0.3 is 0 Å². The third-order valence-electron chi connectivity index (χ3n) is 6.82. The highest BCUT2D eigenvalue weighted by molar-refractivity contribution is 5.92. The van der Waals surface area contributed by atoms with E-state index in [2.05, 4.69) is 60.2 Å². The van der Waals surface area contributed by atoms with Gasteiger partial charge in [-0.05, 0) is 62.8 Å². The second-order valence-electron chi connectivity index (χ2n) is 9.47. The number of hydrogen-bond donors (Lipinski definition) is 2. The molecule has 2 N–H and O–H groups in total. The summed E-state index contributed by atoms with van der Waals surface area (Å²) < 4.78 is 12.1. The average molecular weight is 476 g/mol. The zero-order chi connectivity index (χ0) is 25.2. The largest absolute Gasteiger partial charge is 0.497 e. The van der Waals surface area contributed by atoms with Crippen LogP contribution >= 0.6 is 0 Å². The lowest BCUT2D eigenvalue weighted by Gasteiger charge is -2.47. The molecular weight excluding hydrogens is 442 g/mol. The summed E-state index contributed by atoms with van der Waals surface area (Å²) in [7, 11) is 1.65. The lowest BCUT2D eigenvalue weighted by atomic mass is 9.76. The van der Waals surface area contributed by atoms with Gasteiger partial charge in [-0.1, -0.05) is 24.8 Å². The molecule has 0 radical (unpaired) electrons. The van der Waals surface area contributed by atoms with Crippen LogP contribution in [0.2, 0.25) is 0 Å². The van der Waals surface area contributed by atoms with Gasteiger partial charge in [0.1, 0.15) is 11.5 Å². The van der Waals surface area contributed by atoms with Crippen LogP contribution in [0.5, 0.6) is 11.5 Å². The summed E-state index contributed by atoms with van der Waals surface area (Å²) in [5.74, 6) is 1.25. The van der Waals surface area contributed by atoms with Gasteiger partial charge in [-0.25, -0.2) is 0 Å². The summed E-state index contributed by atoms with van der Waals surface area (Å²) in [6, 6.07) is 14.0. The molecule has 7 nitrogen and oxygen atoms in total. The Balaban J connectivity index is 1.53. The van der Waals surface area contributed by atoms with Crippen molar-refractivity contribution in [2.24, 2.45) is 0 Å². The fourth-order valence-corrected chi connectivity index (χ4v) is 4.83. The fourth-order valence-electron chi connectivity index (χ4n) is 4.83. The number of carbonyl (C=O) groups excluding carboxylic acids is 2. The molecule has 0 bridgehead atoms. The molecule has 0 saturated heterocycles. The molecule has 4 rings (SSSR count). The van der Waals surface area contributed by atoms with Gasteiger partial charge in [-0.15, -0.1) is 0 Å². The second-order valence-corrected chi connectivity index (χ2v) is 9.47. The van der Waals surface area contributed by atoms with E-state index in [9.17, 15) is 9.59 Å². The summed E-state index contributed by atoms with van der Waals surface area (Å²) in [6.07, 6.45) is 4.46. The number of anilines is 1. The molecule has 1 atom stereocenters. The van der Waals surface area contributed by atoms with E-state index in [0.29, 0.717) is 25.2 Å². The maximum Gasteiger partial charge on any atom is 0.246 e. The number of hydrogen-bond acceptors (Lipinski definition) is 5. The molecule has 2 aromatic rings. The standard InChI is InChI=1S/C28H33N3O4/c1-19(2)26(33)30-16-15-29-25(32)13-17-31-23-9-7-6-8-22(23)27(3,4)28(31)14-12-20-18-21(34-5)10-11-24(20)35-28/h6-12,14,18H,1,13,15-17H2,2-5H3,(H,29,32)(H,30,33). The number of methoxy groups -OCH3 is 1. The quantitative estimate of drug-likeness (QED) is 0.449. The Morgan fingerprint density at radius 2 is 1.86 bits per heavy atom. The summed E-state index contributed by atoms with van der Waals surface area (Å²) in [6.45, 7) is 10.8. The minimum Gasteiger partial charge on any atom is -0.497 e. The van der Waals surface area contributed by atoms with E-state index >= 15 is 0 Å². The molecule has 0 saturated carbocycles. The van der Waals surface area contributed by atoms with Gasteiger partial charge in [-0.2, -0.15) is 0 Å². The molecule has 0 fully saturated rings. The first-order valence-corrected chi connectivity index (χ1v) is 11.8. The Hall–Kier alpha value is -3.74. The zero-order valence-corrected chi connectivity index (χ0v) is 20.8. The molecule has 0 aliphatic carbocycles. The second kappa shape index (κ2) is 9.49. The third-order valence-corrected chi connectivity index (χ3v) is 6.82. The van der Waals surface area contributed by atoms with E-state index in [1.807, 2.05) is 30.3 Å². The number of nitrogens with zero attached hydrogens (tertiary/aromatic N) is 1. The average Bonchev–Trinajstić information content (AvgIpc) is 3.02. The normalized spacial score (nSPS) is 18.9. The molecule has 2 heterocycles. The van der Waals surface area contributed by atoms with Crippen molar-refractivity contribution in [2.75, 3.05) is 31.6 Å². The first-order chi connectivity index (χ1) is 16.7. The lowest BCUT2D eigenvalue weighted by Crippen LogP contribution is -2.60. The van der Waals surface area contributed by atoms with Crippen molar-refractivity contribution in [3.8, 4) is 11.5 Å². The lowest BCUT2D eigenvalue weighted by molar-refractivity contribution is -0.121. The van der Waals surface area contributed by atoms with Crippen molar-refractivity contribution in [3.05, 3.63) is 71.8 Å². The Labute approximate surface area is 206 Å². The Bertz CT molecular complexity index is 1190. The van der Waals surface area contributed by atoms with Crippen molar-refractivity contribution >= 4 is 23.6 Å². The van der Waals surface area contributed by atoms with E-state index in [0.717, 1.165) is 22.7 Å². The first-order valence-electron chi connectivity index (χ1n) is 11.8. The first kappa shape index (κ1) is 24.4. The van der Waals surface area contributed by atoms with Crippen LogP contribution in [0.4, 0.5) is 5.69 Å². The van der Waals surface area contributed by atoms with E-state index in [1.165, 1.54) is 5.56 Å². The van der Waals surface area contributed by atoms with Crippen LogP contribution in [-0.2, 0) is 15.0 Å². The molecule has 7 heteroatoms. The van der Waals surface area contributed by atoms with Crippen molar-refractivity contribution in [2.45, 2.75) is 38.3 Å². The Morgan fingerprint density at radius 3 is 2.60 bits per heavy atom. The van der Waals surface area contributed by atoms with Gasteiger partial charge in [0.15, 0.2) is 0 Å². The van der Waals surface area contributed by atoms with Gasteiger partial charge < -0.3 is 25.0 Å². The van der Waals surface area contributed by atoms with E-state index in [1.54, 1.807) is 14.0 Å². The number of carbonyl (C=O) groups is 2. The van der Waals surface area contributed by atoms with Gasteiger partial charge in [0.25, 0.3) is 0 Å². The number of amides is 2. The molecule has 35 heavy (non-hydrogen) atoms. The van der Waals surface area contributed by atoms with Gasteiger partial charge in [0.2, 0.25) is 17.5 Å². The summed E-state index contributed by atoms with van der Waals surface area (Å²) >= 11 is 0. The van der Waals surface area contributed by atoms with Gasteiger partial charge in [0.05, 0.1) is 12.5 Å². The predicted molar refractivity (Wildman–Crippen MR) is 138 cm³/mol. The maximum atomic E-state index is 12.7. The summed E-state index contributed by atoms with van der Waals surface area (Å²) in [5.41, 5.74) is 2.47. The highest BCUT2D eigenvalue weighted by Crippen LogP contribution is 2.55. The monoisotopic (exact) mass is 475 g/mol. The Morgan fingerprint density at radius 1 is 1.11 bits per heavy atom. The van der Waals surface area contributed by atoms with Crippen LogP contribution in [-0.4, -0.2) is 44.3 Å². The van der Waals surface area contributed by atoms with E-state index < -0.39 is 5.72 Å². The molecule has 2 aromatic carbocycles. The highest BCUT2D eigenvalue weighted by atomic mass is 16.5. The third kappa shape index (κ3) is 4.38. The van der Waals surface area contributed by atoms with Gasteiger partial charge in [-0.3, -0.25) is 9.59 Å². The number of benzene rings is 2. The minimum absolute atomic E-state index is 0.0863. The van der Waals surface area contributed by atoms with Crippen LogP contribution < -0.4 is 25.0 Å². The van der Waals surface area contributed by atoms with Crippen molar-refractivity contribution in [3.63, 3.8) is 0 Å². The van der Waals surface area contributed by atoms with Crippen LogP contribution in [0.25, 0.3) is 6.08 Å². The minimum atomic E-state index is -0.784. The smallest absolute Gasteiger partial charge is 0.246 e. The summed E-state index contributed by atoms with van der Waals surface area (Å²) in [5, 5.41) is 5.60. The molecule has 2 aliphatic rings. The molecular formula is C28H33N3O4. The van der Waals surface area contributed by atoms with E-state index in [-0.39, 0.29) is 23.7 Å². The molecule has 2 amide bonds. The van der Waals surface area contributed by atoms with Crippen LogP contribution in [0.3, 0.4) is 0 Å². The van der Waals surface area contributed by atoms with Crippen molar-refractivity contribution in [1.29, 1.82) is 0 Å². The number of nitrogens with one attached hydrogen (secondary N) is 2. The topological polar surface area (TPSA) is 79.9 Å². The fraction of sp³-hybridized carbons (Fsp3) is 0.357.